The molecule has 0 spiro atoms. The number of morpholine rings is 1. The summed E-state index contributed by atoms with van der Waals surface area (Å²) in [4.78, 5) is 21.2. The minimum atomic E-state index is -0.422. The molecule has 1 unspecified atom stereocenters. The van der Waals surface area contributed by atoms with Gasteiger partial charge in [0.15, 0.2) is 5.82 Å². The Balaban J connectivity index is 1.38. The molecule has 8 nitrogen and oxygen atoms in total. The van der Waals surface area contributed by atoms with Gasteiger partial charge in [0.1, 0.15) is 5.82 Å². The van der Waals surface area contributed by atoms with Crippen molar-refractivity contribution in [1.29, 1.82) is 0 Å². The highest BCUT2D eigenvalue weighted by atomic mass is 19.1. The summed E-state index contributed by atoms with van der Waals surface area (Å²) in [7, 11) is 0. The normalized spacial score (nSPS) is 20.8. The summed E-state index contributed by atoms with van der Waals surface area (Å²) in [6.07, 6.45) is 5.11. The van der Waals surface area contributed by atoms with Crippen LogP contribution >= 0.6 is 0 Å². The van der Waals surface area contributed by atoms with Gasteiger partial charge in [0.25, 0.3) is 0 Å². The van der Waals surface area contributed by atoms with Crippen LogP contribution in [0.4, 0.5) is 22.1 Å². The van der Waals surface area contributed by atoms with Gasteiger partial charge in [-0.1, -0.05) is 0 Å². The molecular formula is C16H20FN7O. The highest BCUT2D eigenvalue weighted by Crippen LogP contribution is 2.19. The lowest BCUT2D eigenvalue weighted by atomic mass is 10.2. The highest BCUT2D eigenvalue weighted by molar-refractivity contribution is 5.43. The predicted molar refractivity (Wildman–Crippen MR) is 91.3 cm³/mol. The fourth-order valence-electron chi connectivity index (χ4n) is 3.08. The minimum Gasteiger partial charge on any atom is -0.378 e. The summed E-state index contributed by atoms with van der Waals surface area (Å²) in [5, 5.41) is 3.45. The number of ether oxygens (including phenoxy) is 1. The minimum absolute atomic E-state index is 0.237. The fourth-order valence-corrected chi connectivity index (χ4v) is 3.08. The Morgan fingerprint density at radius 1 is 1.04 bits per heavy atom. The van der Waals surface area contributed by atoms with E-state index in [9.17, 15) is 4.39 Å². The van der Waals surface area contributed by atoms with E-state index in [0.29, 0.717) is 19.2 Å². The molecular weight excluding hydrogens is 325 g/mol. The van der Waals surface area contributed by atoms with Crippen molar-refractivity contribution in [2.45, 2.75) is 12.5 Å². The molecule has 2 aromatic heterocycles. The molecule has 0 bridgehead atoms. The second-order valence-electron chi connectivity index (χ2n) is 6.12. The second kappa shape index (κ2) is 7.14. The van der Waals surface area contributed by atoms with E-state index in [1.165, 1.54) is 12.4 Å². The topological polar surface area (TPSA) is 79.3 Å². The van der Waals surface area contributed by atoms with Crippen molar-refractivity contribution in [2.75, 3.05) is 54.5 Å². The Hall–Kier alpha value is -2.55. The molecule has 1 atom stereocenters. The van der Waals surface area contributed by atoms with E-state index < -0.39 is 5.82 Å². The molecule has 0 radical (unpaired) electrons. The first-order chi connectivity index (χ1) is 12.3. The molecule has 132 valence electrons. The van der Waals surface area contributed by atoms with E-state index in [4.69, 9.17) is 4.74 Å². The van der Waals surface area contributed by atoms with Crippen molar-refractivity contribution in [3.63, 3.8) is 0 Å². The van der Waals surface area contributed by atoms with Crippen molar-refractivity contribution in [3.8, 4) is 0 Å². The van der Waals surface area contributed by atoms with Gasteiger partial charge in [-0.2, -0.15) is 4.98 Å². The standard InChI is InChI=1S/C16H20FN7O/c17-12-9-19-15(20-10-12)24-4-2-13(11-24)21-14-1-3-18-16(22-14)23-5-7-25-8-6-23/h1,3,9-10,13H,2,4-8,11H2,(H,18,21,22). The van der Waals surface area contributed by atoms with E-state index in [-0.39, 0.29) is 6.04 Å². The summed E-state index contributed by atoms with van der Waals surface area (Å²) < 4.78 is 18.3. The van der Waals surface area contributed by atoms with Crippen LogP contribution in [0.5, 0.6) is 0 Å². The number of anilines is 3. The molecule has 0 aromatic carbocycles. The zero-order valence-electron chi connectivity index (χ0n) is 13.8. The average Bonchev–Trinajstić information content (AvgIpc) is 3.12. The van der Waals surface area contributed by atoms with Gasteiger partial charge in [0.05, 0.1) is 25.6 Å². The smallest absolute Gasteiger partial charge is 0.227 e. The highest BCUT2D eigenvalue weighted by Gasteiger charge is 2.25. The largest absolute Gasteiger partial charge is 0.378 e. The lowest BCUT2D eigenvalue weighted by Gasteiger charge is -2.27. The van der Waals surface area contributed by atoms with Gasteiger partial charge in [-0.25, -0.2) is 19.3 Å². The summed E-state index contributed by atoms with van der Waals surface area (Å²) >= 11 is 0. The Labute approximate surface area is 145 Å². The maximum absolute atomic E-state index is 12.9. The SMILES string of the molecule is Fc1cnc(N2CCC(Nc3ccnc(N4CCOCC4)n3)C2)nc1. The lowest BCUT2D eigenvalue weighted by molar-refractivity contribution is 0.122. The number of halogens is 1. The molecule has 2 saturated heterocycles. The molecule has 2 aromatic rings. The molecule has 1 N–H and O–H groups in total. The van der Waals surface area contributed by atoms with E-state index >= 15 is 0 Å². The van der Waals surface area contributed by atoms with Gasteiger partial charge >= 0.3 is 0 Å². The Morgan fingerprint density at radius 3 is 2.64 bits per heavy atom. The fraction of sp³-hybridized carbons (Fsp3) is 0.500. The molecule has 9 heteroatoms. The maximum atomic E-state index is 12.9. The predicted octanol–water partition coefficient (Wildman–Crippen LogP) is 0.933. The van der Waals surface area contributed by atoms with Gasteiger partial charge in [-0.3, -0.25) is 0 Å². The molecule has 4 heterocycles. The Bertz CT molecular complexity index is 708. The third kappa shape index (κ3) is 3.76. The van der Waals surface area contributed by atoms with Gasteiger partial charge in [-0.15, -0.1) is 0 Å². The number of hydrogen-bond donors (Lipinski definition) is 1. The molecule has 2 fully saturated rings. The van der Waals surface area contributed by atoms with Crippen LogP contribution in [0.15, 0.2) is 24.7 Å². The van der Waals surface area contributed by atoms with Crippen LogP contribution in [0.3, 0.4) is 0 Å². The zero-order valence-corrected chi connectivity index (χ0v) is 13.8. The van der Waals surface area contributed by atoms with Crippen LogP contribution in [0.2, 0.25) is 0 Å². The van der Waals surface area contributed by atoms with Crippen molar-refractivity contribution in [3.05, 3.63) is 30.5 Å². The van der Waals surface area contributed by atoms with E-state index in [1.807, 2.05) is 11.0 Å². The van der Waals surface area contributed by atoms with E-state index in [0.717, 1.165) is 44.4 Å². The molecule has 0 amide bonds. The molecule has 4 rings (SSSR count). The van der Waals surface area contributed by atoms with Crippen molar-refractivity contribution >= 4 is 17.7 Å². The number of nitrogens with one attached hydrogen (secondary N) is 1. The zero-order chi connectivity index (χ0) is 17.1. The van der Waals surface area contributed by atoms with Gasteiger partial charge in [0, 0.05) is 38.4 Å². The van der Waals surface area contributed by atoms with E-state index in [2.05, 4.69) is 30.2 Å². The number of aromatic nitrogens is 4. The molecule has 2 aliphatic rings. The number of hydrogen-bond acceptors (Lipinski definition) is 8. The van der Waals surface area contributed by atoms with Crippen LogP contribution in [0.25, 0.3) is 0 Å². The van der Waals surface area contributed by atoms with Gasteiger partial charge in [-0.05, 0) is 12.5 Å². The van der Waals surface area contributed by atoms with Crippen molar-refractivity contribution in [1.82, 2.24) is 19.9 Å². The maximum Gasteiger partial charge on any atom is 0.227 e. The van der Waals surface area contributed by atoms with Gasteiger partial charge < -0.3 is 19.9 Å². The Morgan fingerprint density at radius 2 is 1.84 bits per heavy atom. The molecule has 0 saturated carbocycles. The number of nitrogens with zero attached hydrogens (tertiary/aromatic N) is 6. The Kier molecular flexibility index (Phi) is 4.55. The van der Waals surface area contributed by atoms with Crippen LogP contribution < -0.4 is 15.1 Å². The van der Waals surface area contributed by atoms with Crippen LogP contribution in [0.1, 0.15) is 6.42 Å². The van der Waals surface area contributed by atoms with Crippen molar-refractivity contribution in [2.24, 2.45) is 0 Å². The molecule has 25 heavy (non-hydrogen) atoms. The third-order valence-corrected chi connectivity index (χ3v) is 4.37. The lowest BCUT2D eigenvalue weighted by Crippen LogP contribution is -2.37. The van der Waals surface area contributed by atoms with Crippen LogP contribution in [-0.2, 0) is 4.74 Å². The first-order valence-electron chi connectivity index (χ1n) is 8.43. The second-order valence-corrected chi connectivity index (χ2v) is 6.12. The van der Waals surface area contributed by atoms with E-state index in [1.54, 1.807) is 6.20 Å². The molecule has 2 aliphatic heterocycles. The summed E-state index contributed by atoms with van der Waals surface area (Å²) in [6, 6.07) is 2.11. The summed E-state index contributed by atoms with van der Waals surface area (Å²) in [6.45, 7) is 4.60. The average molecular weight is 345 g/mol. The third-order valence-electron chi connectivity index (χ3n) is 4.37. The monoisotopic (exact) mass is 345 g/mol. The van der Waals surface area contributed by atoms with Gasteiger partial charge in [0.2, 0.25) is 11.9 Å². The molecule has 0 aliphatic carbocycles. The first-order valence-corrected chi connectivity index (χ1v) is 8.43. The quantitative estimate of drug-likeness (QED) is 0.877. The van der Waals surface area contributed by atoms with Crippen LogP contribution in [0, 0.1) is 5.82 Å². The summed E-state index contributed by atoms with van der Waals surface area (Å²) in [5.74, 6) is 1.67. The van der Waals surface area contributed by atoms with Crippen molar-refractivity contribution < 1.29 is 9.13 Å². The van der Waals surface area contributed by atoms with Crippen LogP contribution in [-0.4, -0.2) is 65.4 Å². The number of rotatable bonds is 4. The first kappa shape index (κ1) is 15.9. The summed E-state index contributed by atoms with van der Waals surface area (Å²) in [5.41, 5.74) is 0.